The number of hydrogen-bond acceptors (Lipinski definition) is 3. The molecule has 32 heavy (non-hydrogen) atoms. The molecule has 0 bridgehead atoms. The summed E-state index contributed by atoms with van der Waals surface area (Å²) in [7, 11) is 0. The highest BCUT2D eigenvalue weighted by Crippen LogP contribution is 2.29. The smallest absolute Gasteiger partial charge is 0.263 e. The second-order valence-electron chi connectivity index (χ2n) is 8.37. The maximum atomic E-state index is 13.2. The lowest BCUT2D eigenvalue weighted by molar-refractivity contribution is -0.140. The van der Waals surface area contributed by atoms with Gasteiger partial charge in [0.05, 0.1) is 6.04 Å². The Bertz CT molecular complexity index is 959. The molecule has 1 fully saturated rings. The van der Waals surface area contributed by atoms with Crippen molar-refractivity contribution in [3.63, 3.8) is 0 Å². The lowest BCUT2D eigenvalue weighted by atomic mass is 9.96. The number of rotatable bonds is 7. The Kier molecular flexibility index (Phi) is 7.23. The van der Waals surface area contributed by atoms with E-state index in [0.717, 1.165) is 24.4 Å². The zero-order valence-electron chi connectivity index (χ0n) is 19.0. The third kappa shape index (κ3) is 5.03. The van der Waals surface area contributed by atoms with E-state index in [1.807, 2.05) is 43.0 Å². The standard InChI is InChI=1S/C28H32N2O2/c1-3-25(32-26-17-11-10-12-22(26)2)28(31)30-20-18-29(19-21-30)27(23-13-6-4-7-14-23)24-15-8-5-9-16-24/h4-17,25,27H,3,18-21H2,1-2H3/t25-/m1/s1. The minimum Gasteiger partial charge on any atom is -0.480 e. The molecular weight excluding hydrogens is 396 g/mol. The van der Waals surface area contributed by atoms with Crippen LogP contribution in [0.3, 0.4) is 0 Å². The highest BCUT2D eigenvalue weighted by Gasteiger charge is 2.31. The molecule has 0 saturated carbocycles. The Morgan fingerprint density at radius 1 is 0.812 bits per heavy atom. The molecule has 3 aromatic rings. The lowest BCUT2D eigenvalue weighted by Crippen LogP contribution is -2.53. The predicted octanol–water partition coefficient (Wildman–Crippen LogP) is 5.09. The number of ether oxygens (including phenoxy) is 1. The molecule has 1 aliphatic heterocycles. The van der Waals surface area contributed by atoms with Gasteiger partial charge >= 0.3 is 0 Å². The van der Waals surface area contributed by atoms with Crippen molar-refractivity contribution in [2.24, 2.45) is 0 Å². The van der Waals surface area contributed by atoms with Crippen molar-refractivity contribution < 1.29 is 9.53 Å². The first-order chi connectivity index (χ1) is 15.7. The summed E-state index contributed by atoms with van der Waals surface area (Å²) in [4.78, 5) is 17.7. The first-order valence-electron chi connectivity index (χ1n) is 11.5. The maximum Gasteiger partial charge on any atom is 0.263 e. The molecule has 1 aliphatic rings. The summed E-state index contributed by atoms with van der Waals surface area (Å²) in [5, 5.41) is 0. The summed E-state index contributed by atoms with van der Waals surface area (Å²) in [5.74, 6) is 0.880. The zero-order chi connectivity index (χ0) is 22.3. The Balaban J connectivity index is 1.45. The molecule has 0 N–H and O–H groups in total. The summed E-state index contributed by atoms with van der Waals surface area (Å²) >= 11 is 0. The van der Waals surface area contributed by atoms with Crippen LogP contribution in [-0.2, 0) is 4.79 Å². The molecule has 1 saturated heterocycles. The molecule has 3 aromatic carbocycles. The van der Waals surface area contributed by atoms with Crippen molar-refractivity contribution in [1.29, 1.82) is 0 Å². The fourth-order valence-electron chi connectivity index (χ4n) is 4.44. The molecule has 166 valence electrons. The topological polar surface area (TPSA) is 32.8 Å². The van der Waals surface area contributed by atoms with Crippen molar-refractivity contribution in [3.05, 3.63) is 102 Å². The van der Waals surface area contributed by atoms with E-state index in [1.54, 1.807) is 0 Å². The Morgan fingerprint density at radius 2 is 1.34 bits per heavy atom. The van der Waals surface area contributed by atoms with Crippen molar-refractivity contribution in [3.8, 4) is 5.75 Å². The average Bonchev–Trinajstić information content (AvgIpc) is 2.85. The summed E-state index contributed by atoms with van der Waals surface area (Å²) < 4.78 is 6.12. The van der Waals surface area contributed by atoms with Crippen LogP contribution >= 0.6 is 0 Å². The molecule has 0 spiro atoms. The molecule has 1 heterocycles. The number of nitrogens with zero attached hydrogens (tertiary/aromatic N) is 2. The number of para-hydroxylation sites is 1. The number of piperazine rings is 1. The number of hydrogen-bond donors (Lipinski definition) is 0. The third-order valence-electron chi connectivity index (χ3n) is 6.23. The largest absolute Gasteiger partial charge is 0.480 e. The van der Waals surface area contributed by atoms with Crippen LogP contribution in [0.15, 0.2) is 84.9 Å². The van der Waals surface area contributed by atoms with Gasteiger partial charge in [-0.1, -0.05) is 85.8 Å². The summed E-state index contributed by atoms with van der Waals surface area (Å²) in [6.07, 6.45) is 0.214. The minimum absolute atomic E-state index is 0.0892. The highest BCUT2D eigenvalue weighted by molar-refractivity contribution is 5.81. The summed E-state index contributed by atoms with van der Waals surface area (Å²) in [6, 6.07) is 29.4. The van der Waals surface area contributed by atoms with E-state index in [-0.39, 0.29) is 11.9 Å². The normalized spacial score (nSPS) is 15.5. The molecule has 4 heteroatoms. The van der Waals surface area contributed by atoms with Gasteiger partial charge in [-0.05, 0) is 36.1 Å². The van der Waals surface area contributed by atoms with Gasteiger partial charge in [-0.3, -0.25) is 9.69 Å². The van der Waals surface area contributed by atoms with E-state index in [2.05, 4.69) is 65.6 Å². The SMILES string of the molecule is CC[C@@H](Oc1ccccc1C)C(=O)N1CCN(C(c2ccccc2)c2ccccc2)CC1. The number of carbonyl (C=O) groups excluding carboxylic acids is 1. The van der Waals surface area contributed by atoms with E-state index >= 15 is 0 Å². The fourth-order valence-corrected chi connectivity index (χ4v) is 4.44. The Hall–Kier alpha value is -3.11. The monoisotopic (exact) mass is 428 g/mol. The van der Waals surface area contributed by atoms with E-state index in [9.17, 15) is 4.79 Å². The van der Waals surface area contributed by atoms with Crippen LogP contribution < -0.4 is 4.74 Å². The van der Waals surface area contributed by atoms with Crippen LogP contribution in [0, 0.1) is 6.92 Å². The molecular formula is C28H32N2O2. The van der Waals surface area contributed by atoms with Gasteiger partial charge in [0.15, 0.2) is 6.10 Å². The second kappa shape index (κ2) is 10.5. The van der Waals surface area contributed by atoms with Crippen LogP contribution in [0.1, 0.15) is 36.1 Å². The van der Waals surface area contributed by atoms with Crippen molar-refractivity contribution >= 4 is 5.91 Å². The van der Waals surface area contributed by atoms with Gasteiger partial charge < -0.3 is 9.64 Å². The molecule has 0 radical (unpaired) electrons. The number of aryl methyl sites for hydroxylation is 1. The first-order valence-corrected chi connectivity index (χ1v) is 11.5. The third-order valence-corrected chi connectivity index (χ3v) is 6.23. The molecule has 0 unspecified atom stereocenters. The second-order valence-corrected chi connectivity index (χ2v) is 8.37. The van der Waals surface area contributed by atoms with Crippen molar-refractivity contribution in [2.45, 2.75) is 32.4 Å². The van der Waals surface area contributed by atoms with E-state index in [1.165, 1.54) is 11.1 Å². The summed E-state index contributed by atoms with van der Waals surface area (Å²) in [6.45, 7) is 7.11. The predicted molar refractivity (Wildman–Crippen MR) is 129 cm³/mol. The molecule has 4 rings (SSSR count). The number of carbonyl (C=O) groups is 1. The van der Waals surface area contributed by atoms with E-state index < -0.39 is 6.10 Å². The van der Waals surface area contributed by atoms with Crippen molar-refractivity contribution in [2.75, 3.05) is 26.2 Å². The fraction of sp³-hybridized carbons (Fsp3) is 0.321. The van der Waals surface area contributed by atoms with Crippen LogP contribution in [-0.4, -0.2) is 48.0 Å². The van der Waals surface area contributed by atoms with Gasteiger partial charge in [-0.15, -0.1) is 0 Å². The minimum atomic E-state index is -0.443. The molecule has 0 aromatic heterocycles. The van der Waals surface area contributed by atoms with Gasteiger partial charge in [0.2, 0.25) is 0 Å². The van der Waals surface area contributed by atoms with Crippen LogP contribution in [0.5, 0.6) is 5.75 Å². The average molecular weight is 429 g/mol. The van der Waals surface area contributed by atoms with Crippen molar-refractivity contribution in [1.82, 2.24) is 9.80 Å². The van der Waals surface area contributed by atoms with E-state index in [0.29, 0.717) is 19.5 Å². The van der Waals surface area contributed by atoms with E-state index in [4.69, 9.17) is 4.74 Å². The number of benzene rings is 3. The summed E-state index contributed by atoms with van der Waals surface area (Å²) in [5.41, 5.74) is 3.62. The van der Waals surface area contributed by atoms with Gasteiger partial charge in [0.1, 0.15) is 5.75 Å². The van der Waals surface area contributed by atoms with Crippen LogP contribution in [0.4, 0.5) is 0 Å². The number of amides is 1. The zero-order valence-corrected chi connectivity index (χ0v) is 19.0. The lowest BCUT2D eigenvalue weighted by Gasteiger charge is -2.40. The highest BCUT2D eigenvalue weighted by atomic mass is 16.5. The quantitative estimate of drug-likeness (QED) is 0.526. The molecule has 4 nitrogen and oxygen atoms in total. The van der Waals surface area contributed by atoms with Gasteiger partial charge in [-0.2, -0.15) is 0 Å². The molecule has 1 amide bonds. The van der Waals surface area contributed by atoms with Crippen LogP contribution in [0.25, 0.3) is 0 Å². The van der Waals surface area contributed by atoms with Gasteiger partial charge in [-0.25, -0.2) is 0 Å². The molecule has 1 atom stereocenters. The Labute approximate surface area is 191 Å². The first kappa shape index (κ1) is 22.1. The van der Waals surface area contributed by atoms with Gasteiger partial charge in [0.25, 0.3) is 5.91 Å². The maximum absolute atomic E-state index is 13.2. The van der Waals surface area contributed by atoms with Gasteiger partial charge in [0, 0.05) is 26.2 Å². The Morgan fingerprint density at radius 3 is 1.88 bits per heavy atom. The van der Waals surface area contributed by atoms with Crippen LogP contribution in [0.2, 0.25) is 0 Å². The molecule has 0 aliphatic carbocycles.